The number of hydrogen-bond donors (Lipinski definition) is 0. The van der Waals surface area contributed by atoms with Crippen molar-refractivity contribution >= 4 is 11.8 Å². The highest BCUT2D eigenvalue weighted by Crippen LogP contribution is 2.38. The Morgan fingerprint density at radius 2 is 1.97 bits per heavy atom. The lowest BCUT2D eigenvalue weighted by molar-refractivity contribution is 0.125. The third-order valence-electron chi connectivity index (χ3n) is 5.93. The molecule has 2 aromatic rings. The molecule has 0 radical (unpaired) electrons. The van der Waals surface area contributed by atoms with Crippen molar-refractivity contribution in [2.24, 2.45) is 5.41 Å². The second-order valence-electron chi connectivity index (χ2n) is 9.81. The molecule has 0 saturated heterocycles. The largest absolute Gasteiger partial charge is 0.439 e. The van der Waals surface area contributed by atoms with Crippen LogP contribution < -0.4 is 4.74 Å². The third-order valence-corrected chi connectivity index (χ3v) is 6.88. The summed E-state index contributed by atoms with van der Waals surface area (Å²) in [6, 6.07) is 9.29. The van der Waals surface area contributed by atoms with E-state index in [9.17, 15) is 0 Å². The van der Waals surface area contributed by atoms with E-state index in [4.69, 9.17) is 10.00 Å². The quantitative estimate of drug-likeness (QED) is 0.455. The van der Waals surface area contributed by atoms with Crippen molar-refractivity contribution in [1.29, 1.82) is 5.26 Å². The van der Waals surface area contributed by atoms with Gasteiger partial charge in [-0.3, -0.25) is 9.47 Å². The summed E-state index contributed by atoms with van der Waals surface area (Å²) in [5.41, 5.74) is 1.90. The number of aromatic nitrogens is 2. The van der Waals surface area contributed by atoms with Crippen LogP contribution in [0.3, 0.4) is 0 Å². The minimum atomic E-state index is -0.181. The van der Waals surface area contributed by atoms with Crippen LogP contribution in [0.25, 0.3) is 0 Å². The van der Waals surface area contributed by atoms with Crippen molar-refractivity contribution in [2.45, 2.75) is 46.1 Å². The molecular formula is C26H34N4OS. The number of nitrogens with zero attached hydrogens (tertiary/aromatic N) is 4. The van der Waals surface area contributed by atoms with Crippen molar-refractivity contribution < 1.29 is 4.74 Å². The van der Waals surface area contributed by atoms with E-state index in [1.54, 1.807) is 18.3 Å². The number of rotatable bonds is 9. The van der Waals surface area contributed by atoms with Crippen LogP contribution in [0.4, 0.5) is 0 Å². The minimum absolute atomic E-state index is 0.0998. The molecule has 0 fully saturated rings. The number of thioether (sulfide) groups is 1. The minimum Gasteiger partial charge on any atom is -0.439 e. The molecule has 3 rings (SSSR count). The van der Waals surface area contributed by atoms with Crippen molar-refractivity contribution in [3.63, 3.8) is 0 Å². The van der Waals surface area contributed by atoms with Crippen LogP contribution in [0.5, 0.6) is 11.6 Å². The number of nitriles is 1. The standard InChI is InChI=1S/C26H34N4OS/c1-7-21-16-29(13-12-23(21)32-6)18-25(2,3)17-26(4,5)30-19-28-15-24(30)31-22-10-8-20(14-27)9-11-22/h7-11,15,19H,1,12-13,16-18H2,2-6H3. The van der Waals surface area contributed by atoms with Gasteiger partial charge >= 0.3 is 0 Å². The van der Waals surface area contributed by atoms with E-state index in [-0.39, 0.29) is 11.0 Å². The molecule has 0 spiro atoms. The van der Waals surface area contributed by atoms with E-state index in [1.165, 1.54) is 10.5 Å². The molecule has 1 aliphatic rings. The maximum Gasteiger partial charge on any atom is 0.220 e. The van der Waals surface area contributed by atoms with E-state index in [1.807, 2.05) is 36.3 Å². The Hall–Kier alpha value is -2.49. The molecule has 6 heteroatoms. The van der Waals surface area contributed by atoms with Crippen LogP contribution in [-0.4, -0.2) is 40.3 Å². The average molecular weight is 451 g/mol. The van der Waals surface area contributed by atoms with Gasteiger partial charge in [-0.15, -0.1) is 11.8 Å². The van der Waals surface area contributed by atoms with Crippen LogP contribution in [0.1, 0.15) is 46.1 Å². The van der Waals surface area contributed by atoms with E-state index in [2.05, 4.69) is 61.0 Å². The molecule has 0 unspecified atom stereocenters. The van der Waals surface area contributed by atoms with Gasteiger partial charge in [-0.1, -0.05) is 26.5 Å². The van der Waals surface area contributed by atoms with E-state index < -0.39 is 0 Å². The first-order valence-electron chi connectivity index (χ1n) is 11.0. The van der Waals surface area contributed by atoms with Gasteiger partial charge in [0.05, 0.1) is 24.2 Å². The lowest BCUT2D eigenvalue weighted by atomic mass is 9.79. The van der Waals surface area contributed by atoms with Gasteiger partial charge in [0.2, 0.25) is 5.88 Å². The lowest BCUT2D eigenvalue weighted by Gasteiger charge is -2.40. The Morgan fingerprint density at radius 3 is 2.59 bits per heavy atom. The van der Waals surface area contributed by atoms with Gasteiger partial charge in [-0.05, 0) is 73.1 Å². The molecule has 0 saturated carbocycles. The van der Waals surface area contributed by atoms with Crippen molar-refractivity contribution in [2.75, 3.05) is 25.9 Å². The highest BCUT2D eigenvalue weighted by molar-refractivity contribution is 8.02. The van der Waals surface area contributed by atoms with Crippen LogP contribution in [0, 0.1) is 16.7 Å². The average Bonchev–Trinajstić information content (AvgIpc) is 3.22. The Kier molecular flexibility index (Phi) is 7.53. The van der Waals surface area contributed by atoms with E-state index in [0.717, 1.165) is 32.5 Å². The molecule has 0 N–H and O–H groups in total. The van der Waals surface area contributed by atoms with Gasteiger partial charge in [0.25, 0.3) is 0 Å². The monoisotopic (exact) mass is 450 g/mol. The van der Waals surface area contributed by atoms with Gasteiger partial charge in [0.1, 0.15) is 5.75 Å². The second kappa shape index (κ2) is 9.97. The first kappa shape index (κ1) is 24.2. The molecule has 2 heterocycles. The number of benzene rings is 1. The number of imidazole rings is 1. The summed E-state index contributed by atoms with van der Waals surface area (Å²) in [5.74, 6) is 1.40. The predicted molar refractivity (Wildman–Crippen MR) is 133 cm³/mol. The van der Waals surface area contributed by atoms with E-state index in [0.29, 0.717) is 17.2 Å². The smallest absolute Gasteiger partial charge is 0.220 e. The van der Waals surface area contributed by atoms with Gasteiger partial charge < -0.3 is 4.74 Å². The van der Waals surface area contributed by atoms with Gasteiger partial charge in [0, 0.05) is 25.2 Å². The molecule has 5 nitrogen and oxygen atoms in total. The zero-order valence-electron chi connectivity index (χ0n) is 19.9. The Labute approximate surface area is 196 Å². The molecule has 32 heavy (non-hydrogen) atoms. The second-order valence-corrected chi connectivity index (χ2v) is 10.7. The van der Waals surface area contributed by atoms with Gasteiger partial charge in [-0.25, -0.2) is 4.98 Å². The normalized spacial score (nSPS) is 15.5. The predicted octanol–water partition coefficient (Wildman–Crippen LogP) is 6.21. The summed E-state index contributed by atoms with van der Waals surface area (Å²) < 4.78 is 8.23. The third kappa shape index (κ3) is 5.85. The number of ether oxygens (including phenoxy) is 1. The summed E-state index contributed by atoms with van der Waals surface area (Å²) in [7, 11) is 0. The molecule has 0 aliphatic carbocycles. The highest BCUT2D eigenvalue weighted by atomic mass is 32.2. The fourth-order valence-electron chi connectivity index (χ4n) is 4.82. The first-order valence-corrected chi connectivity index (χ1v) is 12.2. The highest BCUT2D eigenvalue weighted by Gasteiger charge is 2.34. The molecule has 170 valence electrons. The molecular weight excluding hydrogens is 416 g/mol. The lowest BCUT2D eigenvalue weighted by Crippen LogP contribution is -2.42. The zero-order chi connectivity index (χ0) is 23.4. The Balaban J connectivity index is 1.70. The maximum absolute atomic E-state index is 9.00. The topological polar surface area (TPSA) is 54.1 Å². The number of hydrogen-bond acceptors (Lipinski definition) is 5. The van der Waals surface area contributed by atoms with Gasteiger partial charge in [-0.2, -0.15) is 5.26 Å². The SMILES string of the molecule is C=CC1=C(SC)CCN(CC(C)(C)CC(C)(C)n2cncc2Oc2ccc(C#N)cc2)C1. The summed E-state index contributed by atoms with van der Waals surface area (Å²) in [5, 5.41) is 9.00. The first-order chi connectivity index (χ1) is 15.2. The maximum atomic E-state index is 9.00. The molecule has 0 atom stereocenters. The summed E-state index contributed by atoms with van der Waals surface area (Å²) in [6.07, 6.45) is 9.85. The van der Waals surface area contributed by atoms with Gasteiger partial charge in [0.15, 0.2) is 0 Å². The van der Waals surface area contributed by atoms with Crippen molar-refractivity contribution in [3.8, 4) is 17.7 Å². The molecule has 1 aromatic carbocycles. The molecule has 0 amide bonds. The fraction of sp³-hybridized carbons (Fsp3) is 0.462. The Bertz CT molecular complexity index is 1010. The molecule has 1 aromatic heterocycles. The van der Waals surface area contributed by atoms with Crippen LogP contribution in [0.15, 0.2) is 59.9 Å². The zero-order valence-corrected chi connectivity index (χ0v) is 20.7. The summed E-state index contributed by atoms with van der Waals surface area (Å²) in [4.78, 5) is 8.38. The van der Waals surface area contributed by atoms with Crippen molar-refractivity contribution in [1.82, 2.24) is 14.5 Å². The van der Waals surface area contributed by atoms with Crippen LogP contribution in [0.2, 0.25) is 0 Å². The van der Waals surface area contributed by atoms with Crippen LogP contribution in [-0.2, 0) is 5.54 Å². The Morgan fingerprint density at radius 1 is 1.25 bits per heavy atom. The molecule has 0 bridgehead atoms. The van der Waals surface area contributed by atoms with Crippen molar-refractivity contribution in [3.05, 3.63) is 65.5 Å². The summed E-state index contributed by atoms with van der Waals surface area (Å²) in [6.45, 7) is 16.3. The fourth-order valence-corrected chi connectivity index (χ4v) is 5.53. The van der Waals surface area contributed by atoms with E-state index >= 15 is 0 Å². The molecule has 1 aliphatic heterocycles. The van der Waals surface area contributed by atoms with Crippen LogP contribution >= 0.6 is 11.8 Å². The summed E-state index contributed by atoms with van der Waals surface area (Å²) >= 11 is 1.85.